The topological polar surface area (TPSA) is 49.3 Å². The SMILES string of the molecule is C=CC1N[C@H](C(=O)O)CS1. The first-order valence-electron chi connectivity index (χ1n) is 2.97. The van der Waals surface area contributed by atoms with Crippen LogP contribution in [0.2, 0.25) is 0 Å². The van der Waals surface area contributed by atoms with Crippen molar-refractivity contribution < 1.29 is 9.90 Å². The lowest BCUT2D eigenvalue weighted by Gasteiger charge is -2.03. The highest BCUT2D eigenvalue weighted by molar-refractivity contribution is 8.00. The number of carboxylic acid groups (broad SMARTS) is 1. The van der Waals surface area contributed by atoms with Gasteiger partial charge in [-0.1, -0.05) is 6.08 Å². The summed E-state index contributed by atoms with van der Waals surface area (Å²) in [7, 11) is 0. The zero-order valence-electron chi connectivity index (χ0n) is 5.41. The van der Waals surface area contributed by atoms with E-state index < -0.39 is 12.0 Å². The highest BCUT2D eigenvalue weighted by Gasteiger charge is 2.27. The summed E-state index contributed by atoms with van der Waals surface area (Å²) in [5.74, 6) is -0.150. The van der Waals surface area contributed by atoms with E-state index >= 15 is 0 Å². The van der Waals surface area contributed by atoms with Crippen molar-refractivity contribution in [2.24, 2.45) is 0 Å². The monoisotopic (exact) mass is 159 g/mol. The number of carbonyl (C=O) groups is 1. The molecule has 2 N–H and O–H groups in total. The molecule has 0 aliphatic carbocycles. The van der Waals surface area contributed by atoms with Crippen LogP contribution in [-0.4, -0.2) is 28.2 Å². The van der Waals surface area contributed by atoms with Crippen LogP contribution in [0.4, 0.5) is 0 Å². The lowest BCUT2D eigenvalue weighted by Crippen LogP contribution is -2.35. The number of hydrogen-bond acceptors (Lipinski definition) is 3. The van der Waals surface area contributed by atoms with E-state index in [0.29, 0.717) is 5.75 Å². The quantitative estimate of drug-likeness (QED) is 0.568. The van der Waals surface area contributed by atoms with Gasteiger partial charge in [0.25, 0.3) is 0 Å². The Kier molecular flexibility index (Phi) is 2.34. The van der Waals surface area contributed by atoms with Crippen LogP contribution in [-0.2, 0) is 4.79 Å². The molecule has 0 amide bonds. The van der Waals surface area contributed by atoms with Crippen molar-refractivity contribution in [3.05, 3.63) is 12.7 Å². The van der Waals surface area contributed by atoms with Gasteiger partial charge in [0.2, 0.25) is 0 Å². The second-order valence-electron chi connectivity index (χ2n) is 2.05. The Labute approximate surface area is 63.5 Å². The van der Waals surface area contributed by atoms with Gasteiger partial charge in [0, 0.05) is 5.75 Å². The third-order valence-corrected chi connectivity index (χ3v) is 2.53. The maximum Gasteiger partial charge on any atom is 0.321 e. The molecule has 1 heterocycles. The third kappa shape index (κ3) is 1.52. The lowest BCUT2D eigenvalue weighted by atomic mass is 10.3. The number of hydrogen-bond donors (Lipinski definition) is 2. The molecular weight excluding hydrogens is 150 g/mol. The summed E-state index contributed by atoms with van der Waals surface area (Å²) >= 11 is 1.57. The summed E-state index contributed by atoms with van der Waals surface area (Å²) in [5.41, 5.74) is 0. The molecule has 0 spiro atoms. The average molecular weight is 159 g/mol. The number of nitrogens with one attached hydrogen (secondary N) is 1. The van der Waals surface area contributed by atoms with Crippen molar-refractivity contribution in [3.63, 3.8) is 0 Å². The first kappa shape index (κ1) is 7.63. The van der Waals surface area contributed by atoms with Gasteiger partial charge in [-0.15, -0.1) is 18.3 Å². The van der Waals surface area contributed by atoms with Crippen LogP contribution in [0.25, 0.3) is 0 Å². The number of thioether (sulfide) groups is 1. The molecule has 1 fully saturated rings. The molecule has 0 aromatic heterocycles. The van der Waals surface area contributed by atoms with Crippen molar-refractivity contribution in [2.45, 2.75) is 11.4 Å². The van der Waals surface area contributed by atoms with Crippen LogP contribution in [0.3, 0.4) is 0 Å². The standard InChI is InChI=1S/C6H9NO2S/c1-2-5-7-4(3-10-5)6(8)9/h2,4-5,7H,1,3H2,(H,8,9)/t4-,5?/m0/s1. The Hall–Kier alpha value is -0.480. The second kappa shape index (κ2) is 3.07. The van der Waals surface area contributed by atoms with Gasteiger partial charge in [0.1, 0.15) is 6.04 Å². The van der Waals surface area contributed by atoms with E-state index in [0.717, 1.165) is 0 Å². The first-order valence-corrected chi connectivity index (χ1v) is 4.02. The maximum atomic E-state index is 10.4. The summed E-state index contributed by atoms with van der Waals surface area (Å²) in [6, 6.07) is -0.395. The lowest BCUT2D eigenvalue weighted by molar-refractivity contribution is -0.138. The van der Waals surface area contributed by atoms with Gasteiger partial charge >= 0.3 is 5.97 Å². The summed E-state index contributed by atoms with van der Waals surface area (Å²) in [5, 5.41) is 11.5. The zero-order valence-corrected chi connectivity index (χ0v) is 6.23. The van der Waals surface area contributed by atoms with E-state index in [4.69, 9.17) is 5.11 Å². The summed E-state index contributed by atoms with van der Waals surface area (Å²) < 4.78 is 0. The van der Waals surface area contributed by atoms with Gasteiger partial charge < -0.3 is 5.11 Å². The predicted molar refractivity (Wildman–Crippen MR) is 41.0 cm³/mol. The average Bonchev–Trinajstić information content (AvgIpc) is 2.34. The van der Waals surface area contributed by atoms with Crippen LogP contribution >= 0.6 is 11.8 Å². The minimum atomic E-state index is -0.781. The molecule has 10 heavy (non-hydrogen) atoms. The largest absolute Gasteiger partial charge is 0.480 e. The Bertz CT molecular complexity index is 160. The van der Waals surface area contributed by atoms with Gasteiger partial charge in [0.05, 0.1) is 5.37 Å². The molecule has 4 heteroatoms. The molecule has 1 rings (SSSR count). The van der Waals surface area contributed by atoms with Crippen LogP contribution < -0.4 is 5.32 Å². The molecule has 56 valence electrons. The Morgan fingerprint density at radius 1 is 1.90 bits per heavy atom. The molecule has 0 aromatic rings. The molecule has 0 aromatic carbocycles. The Balaban J connectivity index is 2.42. The van der Waals surface area contributed by atoms with Gasteiger partial charge in [0.15, 0.2) is 0 Å². The number of carboxylic acids is 1. The predicted octanol–water partition coefficient (Wildman–Crippen LogP) is 0.288. The molecule has 3 nitrogen and oxygen atoms in total. The van der Waals surface area contributed by atoms with E-state index in [-0.39, 0.29) is 5.37 Å². The molecule has 1 aliphatic heterocycles. The first-order chi connectivity index (χ1) is 4.74. The third-order valence-electron chi connectivity index (χ3n) is 1.32. The second-order valence-corrected chi connectivity index (χ2v) is 3.22. The van der Waals surface area contributed by atoms with E-state index in [1.165, 1.54) is 0 Å². The van der Waals surface area contributed by atoms with Gasteiger partial charge in [-0.25, -0.2) is 0 Å². The highest BCUT2D eigenvalue weighted by atomic mass is 32.2. The molecule has 0 radical (unpaired) electrons. The van der Waals surface area contributed by atoms with E-state index in [1.807, 2.05) is 0 Å². The Morgan fingerprint density at radius 2 is 2.60 bits per heavy atom. The van der Waals surface area contributed by atoms with Crippen LogP contribution in [0, 0.1) is 0 Å². The minimum absolute atomic E-state index is 0.112. The molecule has 1 aliphatic rings. The molecular formula is C6H9NO2S. The van der Waals surface area contributed by atoms with Gasteiger partial charge in [-0.05, 0) is 0 Å². The zero-order chi connectivity index (χ0) is 7.56. The fraction of sp³-hybridized carbons (Fsp3) is 0.500. The van der Waals surface area contributed by atoms with E-state index in [2.05, 4.69) is 11.9 Å². The van der Waals surface area contributed by atoms with Crippen molar-refractivity contribution in [1.29, 1.82) is 0 Å². The molecule has 1 saturated heterocycles. The maximum absolute atomic E-state index is 10.4. The van der Waals surface area contributed by atoms with Gasteiger partial charge in [-0.2, -0.15) is 0 Å². The van der Waals surface area contributed by atoms with Crippen LogP contribution in [0.15, 0.2) is 12.7 Å². The van der Waals surface area contributed by atoms with Crippen molar-refractivity contribution >= 4 is 17.7 Å². The minimum Gasteiger partial charge on any atom is -0.480 e. The van der Waals surface area contributed by atoms with Crippen molar-refractivity contribution in [2.75, 3.05) is 5.75 Å². The Morgan fingerprint density at radius 3 is 2.90 bits per heavy atom. The number of rotatable bonds is 2. The van der Waals surface area contributed by atoms with E-state index in [1.54, 1.807) is 17.8 Å². The molecule has 0 saturated carbocycles. The van der Waals surface area contributed by atoms with Crippen LogP contribution in [0.1, 0.15) is 0 Å². The number of aliphatic carboxylic acids is 1. The highest BCUT2D eigenvalue weighted by Crippen LogP contribution is 2.18. The summed E-state index contributed by atoms with van der Waals surface area (Å²) in [6.07, 6.45) is 1.72. The van der Waals surface area contributed by atoms with E-state index in [9.17, 15) is 4.79 Å². The van der Waals surface area contributed by atoms with Crippen LogP contribution in [0.5, 0.6) is 0 Å². The molecule has 0 bridgehead atoms. The summed E-state index contributed by atoms with van der Waals surface area (Å²) in [4.78, 5) is 10.4. The molecule has 1 unspecified atom stereocenters. The summed E-state index contributed by atoms with van der Waals surface area (Å²) in [6.45, 7) is 3.56. The molecule has 2 atom stereocenters. The fourth-order valence-corrected chi connectivity index (χ4v) is 1.81. The van der Waals surface area contributed by atoms with Crippen molar-refractivity contribution in [3.8, 4) is 0 Å². The van der Waals surface area contributed by atoms with Gasteiger partial charge in [-0.3, -0.25) is 10.1 Å². The fourth-order valence-electron chi connectivity index (χ4n) is 0.773. The smallest absolute Gasteiger partial charge is 0.321 e. The van der Waals surface area contributed by atoms with Crippen molar-refractivity contribution in [1.82, 2.24) is 5.32 Å². The normalized spacial score (nSPS) is 32.0.